The molecule has 0 aliphatic carbocycles. The monoisotopic (exact) mass is 339 g/mol. The normalized spacial score (nSPS) is 40.7. The Labute approximate surface area is 140 Å². The number of carboxylic acid groups (broad SMARTS) is 1. The highest BCUT2D eigenvalue weighted by Gasteiger charge is 2.46. The largest absolute Gasteiger partial charge is 0.547 e. The van der Waals surface area contributed by atoms with Gasteiger partial charge in [-0.05, 0) is 32.0 Å². The molecule has 0 amide bonds. The molecule has 6 atom stereocenters. The Hall–Kier alpha value is -1.45. The van der Waals surface area contributed by atoms with Gasteiger partial charge in [-0.3, -0.25) is 4.90 Å². The minimum absolute atomic E-state index is 0.261. The van der Waals surface area contributed by atoms with Gasteiger partial charge < -0.3 is 34.9 Å². The van der Waals surface area contributed by atoms with Crippen molar-refractivity contribution in [2.75, 3.05) is 20.1 Å². The second-order valence-corrected chi connectivity index (χ2v) is 6.60. The summed E-state index contributed by atoms with van der Waals surface area (Å²) in [5.41, 5.74) is 1.04. The third kappa shape index (κ3) is 3.07. The van der Waals surface area contributed by atoms with E-state index in [0.29, 0.717) is 6.54 Å². The predicted molar refractivity (Wildman–Crippen MR) is 81.3 cm³/mol. The van der Waals surface area contributed by atoms with Crippen LogP contribution in [-0.4, -0.2) is 87.9 Å². The smallest absolute Gasteiger partial charge is 0.159 e. The molecule has 24 heavy (non-hydrogen) atoms. The number of hydrogen-bond acceptors (Lipinski definition) is 8. The lowest BCUT2D eigenvalue weighted by Crippen LogP contribution is -2.65. The zero-order chi connectivity index (χ0) is 17.4. The van der Waals surface area contributed by atoms with E-state index in [2.05, 4.69) is 4.90 Å². The SMILES string of the molecule is CN1CCCC1C1=CN(C2OC(C(=O)[O-])C(O)C(O)C2O)CC=C1. The Morgan fingerprint density at radius 3 is 2.67 bits per heavy atom. The number of carbonyl (C=O) groups is 1. The topological polar surface area (TPSA) is 117 Å². The van der Waals surface area contributed by atoms with Crippen LogP contribution in [0.2, 0.25) is 0 Å². The Balaban J connectivity index is 1.80. The molecule has 0 aromatic rings. The van der Waals surface area contributed by atoms with Crippen LogP contribution in [0.5, 0.6) is 0 Å². The number of carboxylic acids is 1. The molecule has 2 fully saturated rings. The van der Waals surface area contributed by atoms with Crippen LogP contribution < -0.4 is 5.11 Å². The van der Waals surface area contributed by atoms with Gasteiger partial charge in [0.1, 0.15) is 24.4 Å². The fourth-order valence-electron chi connectivity index (χ4n) is 3.63. The van der Waals surface area contributed by atoms with Crippen LogP contribution in [-0.2, 0) is 9.53 Å². The minimum atomic E-state index is -1.73. The van der Waals surface area contributed by atoms with Crippen molar-refractivity contribution in [1.82, 2.24) is 9.80 Å². The molecule has 0 aromatic carbocycles. The van der Waals surface area contributed by atoms with Crippen LogP contribution >= 0.6 is 0 Å². The quantitative estimate of drug-likeness (QED) is 0.512. The molecule has 3 aliphatic heterocycles. The summed E-state index contributed by atoms with van der Waals surface area (Å²) in [5, 5.41) is 41.0. The van der Waals surface area contributed by atoms with Gasteiger partial charge in [0.15, 0.2) is 6.23 Å². The van der Waals surface area contributed by atoms with Crippen molar-refractivity contribution in [3.05, 3.63) is 23.9 Å². The first kappa shape index (κ1) is 17.4. The predicted octanol–water partition coefficient (Wildman–Crippen LogP) is -2.61. The van der Waals surface area contributed by atoms with E-state index in [-0.39, 0.29) is 6.04 Å². The van der Waals surface area contributed by atoms with E-state index in [1.165, 1.54) is 0 Å². The van der Waals surface area contributed by atoms with E-state index in [4.69, 9.17) is 4.74 Å². The second kappa shape index (κ2) is 6.81. The zero-order valence-electron chi connectivity index (χ0n) is 13.5. The fourth-order valence-corrected chi connectivity index (χ4v) is 3.63. The lowest BCUT2D eigenvalue weighted by Gasteiger charge is -2.45. The lowest BCUT2D eigenvalue weighted by atomic mass is 9.96. The third-order valence-corrected chi connectivity index (χ3v) is 4.99. The lowest BCUT2D eigenvalue weighted by molar-refractivity contribution is -0.337. The number of nitrogens with zero attached hydrogens (tertiary/aromatic N) is 2. The number of carbonyl (C=O) groups excluding carboxylic acids is 1. The van der Waals surface area contributed by atoms with Gasteiger partial charge in [0, 0.05) is 18.8 Å². The summed E-state index contributed by atoms with van der Waals surface area (Å²) in [6, 6.07) is 0.261. The van der Waals surface area contributed by atoms with Crippen molar-refractivity contribution < 1.29 is 30.0 Å². The van der Waals surface area contributed by atoms with Crippen LogP contribution in [0.1, 0.15) is 12.8 Å². The van der Waals surface area contributed by atoms with Gasteiger partial charge in [0.25, 0.3) is 0 Å². The van der Waals surface area contributed by atoms with E-state index in [0.717, 1.165) is 25.0 Å². The molecule has 8 nitrogen and oxygen atoms in total. The van der Waals surface area contributed by atoms with Gasteiger partial charge in [0.05, 0.1) is 5.97 Å². The van der Waals surface area contributed by atoms with Gasteiger partial charge >= 0.3 is 0 Å². The molecule has 3 N–H and O–H groups in total. The van der Waals surface area contributed by atoms with E-state index < -0.39 is 36.6 Å². The Bertz CT molecular complexity index is 551. The number of likely N-dealkylation sites (tertiary alicyclic amines) is 1. The number of aliphatic hydroxyl groups excluding tert-OH is 3. The minimum Gasteiger partial charge on any atom is -0.547 e. The molecule has 3 heterocycles. The fraction of sp³-hybridized carbons (Fsp3) is 0.688. The summed E-state index contributed by atoms with van der Waals surface area (Å²) in [6.45, 7) is 1.42. The van der Waals surface area contributed by atoms with Gasteiger partial charge in [-0.1, -0.05) is 12.2 Å². The molecule has 3 aliphatic rings. The van der Waals surface area contributed by atoms with Gasteiger partial charge in [0.2, 0.25) is 0 Å². The molecular weight excluding hydrogens is 316 g/mol. The highest BCUT2D eigenvalue weighted by molar-refractivity contribution is 5.71. The Morgan fingerprint density at radius 2 is 2.04 bits per heavy atom. The average Bonchev–Trinajstić information content (AvgIpc) is 2.99. The van der Waals surface area contributed by atoms with Crippen molar-refractivity contribution in [2.24, 2.45) is 0 Å². The number of hydrogen-bond donors (Lipinski definition) is 3. The average molecular weight is 339 g/mol. The van der Waals surface area contributed by atoms with Crippen molar-refractivity contribution in [2.45, 2.75) is 49.5 Å². The van der Waals surface area contributed by atoms with E-state index in [1.54, 1.807) is 4.90 Å². The zero-order valence-corrected chi connectivity index (χ0v) is 13.5. The molecule has 0 bridgehead atoms. The van der Waals surface area contributed by atoms with Crippen molar-refractivity contribution >= 4 is 5.97 Å². The molecule has 8 heteroatoms. The number of rotatable bonds is 3. The summed E-state index contributed by atoms with van der Waals surface area (Å²) in [5.74, 6) is -1.62. The Kier molecular flexibility index (Phi) is 4.93. The first-order valence-electron chi connectivity index (χ1n) is 8.15. The highest BCUT2D eigenvalue weighted by Crippen LogP contribution is 2.29. The van der Waals surface area contributed by atoms with Crippen LogP contribution in [0.3, 0.4) is 0 Å². The van der Waals surface area contributed by atoms with Crippen LogP contribution in [0.15, 0.2) is 23.9 Å². The second-order valence-electron chi connectivity index (χ2n) is 6.60. The van der Waals surface area contributed by atoms with Crippen LogP contribution in [0, 0.1) is 0 Å². The van der Waals surface area contributed by atoms with Crippen molar-refractivity contribution in [3.8, 4) is 0 Å². The molecule has 0 radical (unpaired) electrons. The van der Waals surface area contributed by atoms with Crippen LogP contribution in [0.4, 0.5) is 0 Å². The summed E-state index contributed by atoms with van der Waals surface area (Å²) in [4.78, 5) is 15.0. The molecule has 6 unspecified atom stereocenters. The van der Waals surface area contributed by atoms with Gasteiger partial charge in [-0.2, -0.15) is 0 Å². The van der Waals surface area contributed by atoms with Crippen molar-refractivity contribution in [1.29, 1.82) is 0 Å². The molecule has 0 spiro atoms. The summed E-state index contributed by atoms with van der Waals surface area (Å²) < 4.78 is 5.33. The first-order valence-corrected chi connectivity index (χ1v) is 8.15. The third-order valence-electron chi connectivity index (χ3n) is 4.99. The molecule has 2 saturated heterocycles. The molecular formula is C16H23N2O6-. The molecule has 134 valence electrons. The van der Waals surface area contributed by atoms with Gasteiger partial charge in [-0.15, -0.1) is 0 Å². The standard InChI is InChI=1S/C16H24N2O6/c1-17-6-3-5-10(17)9-4-2-7-18(8-9)15-13(21)11(19)12(20)14(24-15)16(22)23/h2,4,8,10-15,19-21H,3,5-7H2,1H3,(H,22,23)/p-1. The Morgan fingerprint density at radius 1 is 1.29 bits per heavy atom. The number of likely N-dealkylation sites (N-methyl/N-ethyl adjacent to an activating group) is 1. The maximum Gasteiger partial charge on any atom is 0.159 e. The van der Waals surface area contributed by atoms with E-state index in [9.17, 15) is 25.2 Å². The maximum atomic E-state index is 11.1. The number of aliphatic hydroxyl groups is 3. The maximum absolute atomic E-state index is 11.1. The molecule has 0 aromatic heterocycles. The summed E-state index contributed by atoms with van der Waals surface area (Å²) in [7, 11) is 2.05. The van der Waals surface area contributed by atoms with E-state index >= 15 is 0 Å². The highest BCUT2D eigenvalue weighted by atomic mass is 16.6. The van der Waals surface area contributed by atoms with E-state index in [1.807, 2.05) is 25.4 Å². The summed E-state index contributed by atoms with van der Waals surface area (Å²) >= 11 is 0. The van der Waals surface area contributed by atoms with Crippen molar-refractivity contribution in [3.63, 3.8) is 0 Å². The molecule has 3 rings (SSSR count). The first-order chi connectivity index (χ1) is 11.4. The number of aliphatic carboxylic acids is 1. The van der Waals surface area contributed by atoms with Gasteiger partial charge in [-0.25, -0.2) is 0 Å². The molecule has 0 saturated carbocycles. The summed E-state index contributed by atoms with van der Waals surface area (Å²) in [6.07, 6.45) is 0.336. The number of ether oxygens (including phenoxy) is 1. The van der Waals surface area contributed by atoms with Crippen LogP contribution in [0.25, 0.3) is 0 Å².